The number of carbonyl (C=O) groups is 2. The normalized spacial score (nSPS) is 12.9. The van der Waals surface area contributed by atoms with Gasteiger partial charge in [0, 0.05) is 22.4 Å². The molecule has 0 unspecified atom stereocenters. The Bertz CT molecular complexity index is 515. The van der Waals surface area contributed by atoms with Crippen LogP contribution in [-0.2, 0) is 0 Å². The summed E-state index contributed by atoms with van der Waals surface area (Å²) in [5.74, 6) is 0.0391. The Hall–Kier alpha value is -1.35. The van der Waals surface area contributed by atoms with E-state index in [1.54, 1.807) is 18.2 Å². The second kappa shape index (κ2) is 4.88. The Balaban J connectivity index is 2.34. The standard InChI is InChI=1S/C14H14O2S/c1-2-3-4-12(15)11-8-10-9(7-14(11)17)5-6-13(10)16/h5-8,17H,2-4H2,1H3. The first-order valence-corrected chi connectivity index (χ1v) is 6.21. The molecule has 0 atom stereocenters. The van der Waals surface area contributed by atoms with Gasteiger partial charge in [-0.3, -0.25) is 9.59 Å². The molecule has 2 nitrogen and oxygen atoms in total. The number of benzene rings is 1. The number of allylic oxidation sites excluding steroid dienone is 1. The van der Waals surface area contributed by atoms with Crippen molar-refractivity contribution in [3.05, 3.63) is 34.9 Å². The molecule has 0 fully saturated rings. The van der Waals surface area contributed by atoms with Crippen LogP contribution in [0.1, 0.15) is 52.5 Å². The molecule has 1 aromatic rings. The number of Topliss-reactive ketones (excluding diaryl/α,β-unsaturated/α-hetero) is 1. The first-order chi connectivity index (χ1) is 8.13. The summed E-state index contributed by atoms with van der Waals surface area (Å²) in [7, 11) is 0. The zero-order valence-electron chi connectivity index (χ0n) is 9.69. The molecule has 0 N–H and O–H groups in total. The third-order valence-corrected chi connectivity index (χ3v) is 3.28. The lowest BCUT2D eigenvalue weighted by Gasteiger charge is -2.07. The maximum atomic E-state index is 12.0. The molecule has 1 aliphatic rings. The number of thiol groups is 1. The lowest BCUT2D eigenvalue weighted by Crippen LogP contribution is -2.03. The van der Waals surface area contributed by atoms with Crippen molar-refractivity contribution in [1.82, 2.24) is 0 Å². The van der Waals surface area contributed by atoms with Crippen molar-refractivity contribution in [3.63, 3.8) is 0 Å². The fourth-order valence-electron chi connectivity index (χ4n) is 1.91. The van der Waals surface area contributed by atoms with Crippen molar-refractivity contribution in [2.45, 2.75) is 31.1 Å². The largest absolute Gasteiger partial charge is 0.294 e. The molecular weight excluding hydrogens is 232 g/mol. The maximum Gasteiger partial charge on any atom is 0.186 e. The van der Waals surface area contributed by atoms with Crippen LogP contribution in [0.3, 0.4) is 0 Å². The van der Waals surface area contributed by atoms with E-state index < -0.39 is 0 Å². The van der Waals surface area contributed by atoms with Gasteiger partial charge in [-0.05, 0) is 30.2 Å². The Morgan fingerprint density at radius 2 is 2.06 bits per heavy atom. The van der Waals surface area contributed by atoms with Crippen molar-refractivity contribution >= 4 is 30.3 Å². The summed E-state index contributed by atoms with van der Waals surface area (Å²) in [6, 6.07) is 3.47. The zero-order chi connectivity index (χ0) is 12.4. The molecule has 0 aromatic heterocycles. The maximum absolute atomic E-state index is 12.0. The van der Waals surface area contributed by atoms with Crippen molar-refractivity contribution in [2.75, 3.05) is 0 Å². The molecule has 2 rings (SSSR count). The molecule has 3 heteroatoms. The second-order valence-corrected chi connectivity index (χ2v) is 4.66. The summed E-state index contributed by atoms with van der Waals surface area (Å²) < 4.78 is 0. The van der Waals surface area contributed by atoms with Gasteiger partial charge in [0.25, 0.3) is 0 Å². The minimum atomic E-state index is -0.0297. The monoisotopic (exact) mass is 246 g/mol. The molecule has 0 radical (unpaired) electrons. The van der Waals surface area contributed by atoms with Gasteiger partial charge in [0.15, 0.2) is 11.6 Å². The molecule has 0 amide bonds. The van der Waals surface area contributed by atoms with Crippen molar-refractivity contribution in [2.24, 2.45) is 0 Å². The van der Waals surface area contributed by atoms with Gasteiger partial charge >= 0.3 is 0 Å². The van der Waals surface area contributed by atoms with Crippen molar-refractivity contribution < 1.29 is 9.59 Å². The van der Waals surface area contributed by atoms with Crippen molar-refractivity contribution in [1.29, 1.82) is 0 Å². The average Bonchev–Trinajstić information content (AvgIpc) is 2.66. The van der Waals surface area contributed by atoms with Gasteiger partial charge in [0.05, 0.1) is 0 Å². The quantitative estimate of drug-likeness (QED) is 0.651. The molecule has 0 spiro atoms. The third-order valence-electron chi connectivity index (χ3n) is 2.91. The van der Waals surface area contributed by atoms with Crippen LogP contribution < -0.4 is 0 Å². The van der Waals surface area contributed by atoms with E-state index in [0.29, 0.717) is 22.4 Å². The Morgan fingerprint density at radius 1 is 1.29 bits per heavy atom. The molecule has 88 valence electrons. The topological polar surface area (TPSA) is 34.1 Å². The van der Waals surface area contributed by atoms with Gasteiger partial charge in [0.2, 0.25) is 0 Å². The third kappa shape index (κ3) is 2.34. The van der Waals surface area contributed by atoms with E-state index in [2.05, 4.69) is 12.6 Å². The second-order valence-electron chi connectivity index (χ2n) is 4.18. The molecular formula is C14H14O2S. The fourth-order valence-corrected chi connectivity index (χ4v) is 2.23. The van der Waals surface area contributed by atoms with Crippen LogP contribution in [0.5, 0.6) is 0 Å². The number of ketones is 2. The van der Waals surface area contributed by atoms with E-state index in [1.165, 1.54) is 6.08 Å². The van der Waals surface area contributed by atoms with Crippen LogP contribution in [0.15, 0.2) is 23.1 Å². The Morgan fingerprint density at radius 3 is 2.76 bits per heavy atom. The van der Waals surface area contributed by atoms with E-state index in [4.69, 9.17) is 0 Å². The minimum Gasteiger partial charge on any atom is -0.294 e. The molecule has 0 saturated carbocycles. The zero-order valence-corrected chi connectivity index (χ0v) is 10.6. The number of hydrogen-bond donors (Lipinski definition) is 1. The molecule has 0 saturated heterocycles. The summed E-state index contributed by atoms with van der Waals surface area (Å²) in [6.07, 6.45) is 5.66. The lowest BCUT2D eigenvalue weighted by atomic mass is 10.00. The highest BCUT2D eigenvalue weighted by atomic mass is 32.1. The molecule has 17 heavy (non-hydrogen) atoms. The fraction of sp³-hybridized carbons (Fsp3) is 0.286. The highest BCUT2D eigenvalue weighted by Gasteiger charge is 2.18. The minimum absolute atomic E-state index is 0.0297. The van der Waals surface area contributed by atoms with Gasteiger partial charge in [-0.1, -0.05) is 19.4 Å². The van der Waals surface area contributed by atoms with Gasteiger partial charge < -0.3 is 0 Å². The predicted octanol–water partition coefficient (Wildman–Crippen LogP) is 3.56. The van der Waals surface area contributed by atoms with E-state index >= 15 is 0 Å². The SMILES string of the molecule is CCCCC(=O)c1cc2c(cc1S)C=CC2=O. The number of rotatable bonds is 4. The van der Waals surface area contributed by atoms with Gasteiger partial charge in [-0.25, -0.2) is 0 Å². The van der Waals surface area contributed by atoms with E-state index in [-0.39, 0.29) is 11.6 Å². The molecule has 1 aromatic carbocycles. The lowest BCUT2D eigenvalue weighted by molar-refractivity contribution is 0.0977. The van der Waals surface area contributed by atoms with Crippen molar-refractivity contribution in [3.8, 4) is 0 Å². The van der Waals surface area contributed by atoms with Gasteiger partial charge in [-0.2, -0.15) is 0 Å². The number of fused-ring (bicyclic) bond motifs is 1. The van der Waals surface area contributed by atoms with E-state index in [1.807, 2.05) is 6.92 Å². The van der Waals surface area contributed by atoms with Crippen LogP contribution in [-0.4, -0.2) is 11.6 Å². The van der Waals surface area contributed by atoms with Gasteiger partial charge in [-0.15, -0.1) is 12.6 Å². The molecule has 1 aliphatic carbocycles. The van der Waals surface area contributed by atoms with E-state index in [9.17, 15) is 9.59 Å². The summed E-state index contributed by atoms with van der Waals surface area (Å²) in [4.78, 5) is 24.1. The Labute approximate surface area is 106 Å². The summed E-state index contributed by atoms with van der Waals surface area (Å²) >= 11 is 4.32. The molecule has 0 aliphatic heterocycles. The van der Waals surface area contributed by atoms with Crippen LogP contribution in [0.4, 0.5) is 0 Å². The molecule has 0 bridgehead atoms. The van der Waals surface area contributed by atoms with Crippen LogP contribution in [0, 0.1) is 0 Å². The highest BCUT2D eigenvalue weighted by Crippen LogP contribution is 2.27. The summed E-state index contributed by atoms with van der Waals surface area (Å²) in [5.41, 5.74) is 2.03. The highest BCUT2D eigenvalue weighted by molar-refractivity contribution is 7.80. The summed E-state index contributed by atoms with van der Waals surface area (Å²) in [5, 5.41) is 0. The number of carbonyl (C=O) groups excluding carboxylic acids is 2. The number of hydrogen-bond acceptors (Lipinski definition) is 3. The predicted molar refractivity (Wildman–Crippen MR) is 70.9 cm³/mol. The van der Waals surface area contributed by atoms with Gasteiger partial charge in [0.1, 0.15) is 0 Å². The smallest absolute Gasteiger partial charge is 0.186 e. The van der Waals surface area contributed by atoms with E-state index in [0.717, 1.165) is 18.4 Å². The Kier molecular flexibility index (Phi) is 3.48. The number of unbranched alkanes of at least 4 members (excludes halogenated alkanes) is 1. The van der Waals surface area contributed by atoms with Crippen LogP contribution in [0.25, 0.3) is 6.08 Å². The van der Waals surface area contributed by atoms with Crippen LogP contribution in [0.2, 0.25) is 0 Å². The van der Waals surface area contributed by atoms with Crippen LogP contribution >= 0.6 is 12.6 Å². The summed E-state index contributed by atoms with van der Waals surface area (Å²) in [6.45, 7) is 2.05. The first-order valence-electron chi connectivity index (χ1n) is 5.76. The first kappa shape index (κ1) is 12.1. The molecule has 0 heterocycles. The average molecular weight is 246 g/mol.